The minimum Gasteiger partial charge on any atom is -0.381 e. The molecule has 144 valence electrons. The number of nitrogens with one attached hydrogen (secondary N) is 1. The second kappa shape index (κ2) is 8.24. The number of nitrogens with zero attached hydrogens (tertiary/aromatic N) is 2. The lowest BCUT2D eigenvalue weighted by Gasteiger charge is -2.33. The average molecular weight is 381 g/mol. The fraction of sp³-hybridized carbons (Fsp3) is 0.667. The fourth-order valence-corrected chi connectivity index (χ4v) is 5.74. The highest BCUT2D eigenvalue weighted by molar-refractivity contribution is 7.89. The van der Waals surface area contributed by atoms with Gasteiger partial charge in [-0.15, -0.1) is 0 Å². The highest BCUT2D eigenvalue weighted by Crippen LogP contribution is 2.31. The van der Waals surface area contributed by atoms with E-state index in [-0.39, 0.29) is 17.0 Å². The van der Waals surface area contributed by atoms with Crippen LogP contribution in [0.25, 0.3) is 0 Å². The number of sulfonamides is 1. The Morgan fingerprint density at radius 3 is 2.31 bits per heavy atom. The number of primary amides is 1. The molecule has 1 aromatic heterocycles. The van der Waals surface area contributed by atoms with Gasteiger partial charge in [-0.1, -0.05) is 38.5 Å². The number of urea groups is 1. The molecule has 2 amide bonds. The lowest BCUT2D eigenvalue weighted by atomic mass is 9.95. The quantitative estimate of drug-likeness (QED) is 0.816. The molecule has 0 aliphatic heterocycles. The number of rotatable bonds is 5. The van der Waals surface area contributed by atoms with Crippen molar-refractivity contribution < 1.29 is 13.2 Å². The standard InChI is InChI=1S/C18H28N4O3S/c19-18(23)22(15-9-5-2-6-10-15)26(24,25)17-13-20-12-11-16(17)21-14-7-3-1-4-8-14/h11-15H,1-10H2,(H2,19,23)(H,20,21). The average Bonchev–Trinajstić information content (AvgIpc) is 2.63. The third kappa shape index (κ3) is 4.11. The molecule has 8 heteroatoms. The number of carbonyl (C=O) groups is 1. The maximum atomic E-state index is 13.3. The molecule has 26 heavy (non-hydrogen) atoms. The molecular formula is C18H28N4O3S. The first-order chi connectivity index (χ1) is 12.5. The number of hydrogen-bond acceptors (Lipinski definition) is 5. The molecule has 0 aromatic carbocycles. The van der Waals surface area contributed by atoms with E-state index in [1.807, 2.05) is 0 Å². The van der Waals surface area contributed by atoms with Crippen molar-refractivity contribution in [2.24, 2.45) is 5.73 Å². The molecule has 1 aromatic rings. The third-order valence-electron chi connectivity index (χ3n) is 5.41. The van der Waals surface area contributed by atoms with Crippen LogP contribution in [0.4, 0.5) is 10.5 Å². The minimum absolute atomic E-state index is 0.0370. The zero-order valence-electron chi connectivity index (χ0n) is 15.1. The van der Waals surface area contributed by atoms with Gasteiger partial charge in [-0.2, -0.15) is 0 Å². The maximum absolute atomic E-state index is 13.3. The lowest BCUT2D eigenvalue weighted by molar-refractivity contribution is 0.208. The first-order valence-corrected chi connectivity index (χ1v) is 11.0. The summed E-state index contributed by atoms with van der Waals surface area (Å²) >= 11 is 0. The summed E-state index contributed by atoms with van der Waals surface area (Å²) < 4.78 is 27.4. The Bertz CT molecular complexity index is 726. The summed E-state index contributed by atoms with van der Waals surface area (Å²) in [7, 11) is -4.05. The molecular weight excluding hydrogens is 352 g/mol. The third-order valence-corrected chi connectivity index (χ3v) is 7.29. The van der Waals surface area contributed by atoms with Crippen LogP contribution < -0.4 is 11.1 Å². The number of carbonyl (C=O) groups excluding carboxylic acids is 1. The van der Waals surface area contributed by atoms with Gasteiger partial charge >= 0.3 is 6.03 Å². The Kier molecular flexibility index (Phi) is 6.01. The lowest BCUT2D eigenvalue weighted by Crippen LogP contribution is -2.48. The molecule has 2 saturated carbocycles. The molecule has 0 spiro atoms. The summed E-state index contributed by atoms with van der Waals surface area (Å²) in [6, 6.07) is 0.636. The van der Waals surface area contributed by atoms with Gasteiger partial charge in [0.2, 0.25) is 0 Å². The van der Waals surface area contributed by atoms with Gasteiger partial charge in [-0.25, -0.2) is 17.5 Å². The molecule has 0 saturated heterocycles. The first-order valence-electron chi connectivity index (χ1n) is 9.54. The van der Waals surface area contributed by atoms with Crippen molar-refractivity contribution in [3.63, 3.8) is 0 Å². The molecule has 7 nitrogen and oxygen atoms in total. The van der Waals surface area contributed by atoms with E-state index in [4.69, 9.17) is 5.73 Å². The van der Waals surface area contributed by atoms with Crippen molar-refractivity contribution in [1.82, 2.24) is 9.29 Å². The number of aromatic nitrogens is 1. The van der Waals surface area contributed by atoms with Gasteiger partial charge in [0.15, 0.2) is 0 Å². The Morgan fingerprint density at radius 1 is 1.08 bits per heavy atom. The Hall–Kier alpha value is -1.83. The van der Waals surface area contributed by atoms with Gasteiger partial charge in [0.1, 0.15) is 4.90 Å². The van der Waals surface area contributed by atoms with Gasteiger partial charge in [0.05, 0.1) is 11.7 Å². The summed E-state index contributed by atoms with van der Waals surface area (Å²) in [5, 5.41) is 3.35. The van der Waals surface area contributed by atoms with E-state index in [0.717, 1.165) is 49.3 Å². The van der Waals surface area contributed by atoms with Crippen LogP contribution in [-0.4, -0.2) is 35.8 Å². The molecule has 2 fully saturated rings. The predicted molar refractivity (Wildman–Crippen MR) is 100 cm³/mol. The summed E-state index contributed by atoms with van der Waals surface area (Å²) in [6.07, 6.45) is 12.6. The molecule has 3 rings (SSSR count). The SMILES string of the molecule is NC(=O)N(C1CCCCC1)S(=O)(=O)c1cnccc1NC1CCCCC1. The van der Waals surface area contributed by atoms with E-state index in [1.165, 1.54) is 12.6 Å². The molecule has 0 bridgehead atoms. The normalized spacial score (nSPS) is 19.8. The second-order valence-electron chi connectivity index (χ2n) is 7.28. The van der Waals surface area contributed by atoms with Crippen molar-refractivity contribution in [2.45, 2.75) is 81.2 Å². The highest BCUT2D eigenvalue weighted by atomic mass is 32.2. The number of anilines is 1. The minimum atomic E-state index is -4.05. The van der Waals surface area contributed by atoms with Crippen molar-refractivity contribution in [1.29, 1.82) is 0 Å². The van der Waals surface area contributed by atoms with Gasteiger partial charge in [0.25, 0.3) is 10.0 Å². The van der Waals surface area contributed by atoms with Crippen LogP contribution in [0.15, 0.2) is 23.4 Å². The molecule has 3 N–H and O–H groups in total. The first kappa shape index (κ1) is 18.9. The number of nitrogens with two attached hydrogens (primary N) is 1. The highest BCUT2D eigenvalue weighted by Gasteiger charge is 2.37. The summed E-state index contributed by atoms with van der Waals surface area (Å²) in [5.41, 5.74) is 6.00. The predicted octanol–water partition coefficient (Wildman–Crippen LogP) is 3.23. The van der Waals surface area contributed by atoms with Crippen LogP contribution in [0.5, 0.6) is 0 Å². The molecule has 1 heterocycles. The Labute approximate surface area is 155 Å². The molecule has 0 radical (unpaired) electrons. The van der Waals surface area contributed by atoms with Crippen molar-refractivity contribution >= 4 is 21.7 Å². The van der Waals surface area contributed by atoms with E-state index in [2.05, 4.69) is 10.3 Å². The maximum Gasteiger partial charge on any atom is 0.328 e. The summed E-state index contributed by atoms with van der Waals surface area (Å²) in [6.45, 7) is 0. The molecule has 0 atom stereocenters. The van der Waals surface area contributed by atoms with Crippen LogP contribution in [0.2, 0.25) is 0 Å². The van der Waals surface area contributed by atoms with Crippen LogP contribution in [0.3, 0.4) is 0 Å². The number of hydrogen-bond donors (Lipinski definition) is 2. The van der Waals surface area contributed by atoms with E-state index in [0.29, 0.717) is 18.5 Å². The summed E-state index contributed by atoms with van der Waals surface area (Å²) in [4.78, 5) is 16.1. The van der Waals surface area contributed by atoms with Crippen LogP contribution in [0.1, 0.15) is 64.2 Å². The van der Waals surface area contributed by atoms with Crippen LogP contribution in [0, 0.1) is 0 Å². The molecule has 2 aliphatic carbocycles. The monoisotopic (exact) mass is 380 g/mol. The van der Waals surface area contributed by atoms with E-state index in [9.17, 15) is 13.2 Å². The summed E-state index contributed by atoms with van der Waals surface area (Å²) in [5.74, 6) is 0. The fourth-order valence-electron chi connectivity index (χ4n) is 4.09. The van der Waals surface area contributed by atoms with E-state index >= 15 is 0 Å². The number of pyridine rings is 1. The van der Waals surface area contributed by atoms with E-state index < -0.39 is 16.1 Å². The van der Waals surface area contributed by atoms with Crippen molar-refractivity contribution in [2.75, 3.05) is 5.32 Å². The van der Waals surface area contributed by atoms with Crippen LogP contribution in [-0.2, 0) is 10.0 Å². The number of amides is 2. The van der Waals surface area contributed by atoms with Gasteiger partial charge in [-0.3, -0.25) is 4.98 Å². The largest absolute Gasteiger partial charge is 0.381 e. The molecule has 2 aliphatic rings. The van der Waals surface area contributed by atoms with Gasteiger partial charge in [0, 0.05) is 18.4 Å². The van der Waals surface area contributed by atoms with Gasteiger partial charge in [-0.05, 0) is 31.7 Å². The van der Waals surface area contributed by atoms with Crippen molar-refractivity contribution in [3.05, 3.63) is 18.5 Å². The smallest absolute Gasteiger partial charge is 0.328 e. The zero-order valence-corrected chi connectivity index (χ0v) is 15.9. The van der Waals surface area contributed by atoms with Gasteiger partial charge < -0.3 is 11.1 Å². The van der Waals surface area contributed by atoms with E-state index in [1.54, 1.807) is 12.3 Å². The Morgan fingerprint density at radius 2 is 1.69 bits per heavy atom. The van der Waals surface area contributed by atoms with Crippen molar-refractivity contribution in [3.8, 4) is 0 Å². The Balaban J connectivity index is 1.90. The second-order valence-corrected chi connectivity index (χ2v) is 9.07. The molecule has 0 unspecified atom stereocenters. The zero-order chi connectivity index (χ0) is 18.6. The topological polar surface area (TPSA) is 105 Å². The van der Waals surface area contributed by atoms with Crippen LogP contribution >= 0.6 is 0 Å².